The highest BCUT2D eigenvalue weighted by Gasteiger charge is 2.47. The van der Waals surface area contributed by atoms with Gasteiger partial charge in [-0.2, -0.15) is 9.40 Å². The smallest absolute Gasteiger partial charge is 0.248 e. The highest BCUT2D eigenvalue weighted by atomic mass is 32.2. The van der Waals surface area contributed by atoms with Gasteiger partial charge in [0.15, 0.2) is 5.82 Å². The molecule has 3 N–H and O–H groups in total. The molecule has 0 unspecified atom stereocenters. The van der Waals surface area contributed by atoms with Crippen molar-refractivity contribution in [3.63, 3.8) is 0 Å². The van der Waals surface area contributed by atoms with Crippen LogP contribution in [0.5, 0.6) is 0 Å². The first-order valence-electron chi connectivity index (χ1n) is 6.23. The van der Waals surface area contributed by atoms with Crippen molar-refractivity contribution in [3.8, 4) is 0 Å². The van der Waals surface area contributed by atoms with Gasteiger partial charge in [-0.1, -0.05) is 13.3 Å². The Morgan fingerprint density at radius 1 is 1.47 bits per heavy atom. The lowest BCUT2D eigenvalue weighted by molar-refractivity contribution is -0.0653. The van der Waals surface area contributed by atoms with Gasteiger partial charge < -0.3 is 10.8 Å². The summed E-state index contributed by atoms with van der Waals surface area (Å²) >= 11 is 0. The Kier molecular flexibility index (Phi) is 3.36. The summed E-state index contributed by atoms with van der Waals surface area (Å²) in [5.41, 5.74) is 5.28. The van der Waals surface area contributed by atoms with Crippen LogP contribution in [0.1, 0.15) is 25.5 Å². The zero-order valence-corrected chi connectivity index (χ0v) is 12.2. The Balaban J connectivity index is 2.26. The molecule has 0 saturated carbocycles. The molecule has 0 aromatic carbocycles. The van der Waals surface area contributed by atoms with Gasteiger partial charge in [0.2, 0.25) is 10.0 Å². The minimum Gasteiger partial charge on any atom is -0.387 e. The van der Waals surface area contributed by atoms with Gasteiger partial charge in [0.05, 0.1) is 11.3 Å². The number of sulfonamides is 1. The van der Waals surface area contributed by atoms with Crippen molar-refractivity contribution in [2.45, 2.75) is 37.2 Å². The van der Waals surface area contributed by atoms with E-state index in [1.54, 1.807) is 14.0 Å². The fraction of sp³-hybridized carbons (Fsp3) is 0.727. The van der Waals surface area contributed by atoms with Gasteiger partial charge in [0, 0.05) is 20.1 Å². The van der Waals surface area contributed by atoms with Gasteiger partial charge in [-0.25, -0.2) is 8.42 Å². The maximum absolute atomic E-state index is 12.4. The molecule has 8 heteroatoms. The van der Waals surface area contributed by atoms with Crippen molar-refractivity contribution < 1.29 is 13.5 Å². The van der Waals surface area contributed by atoms with E-state index >= 15 is 0 Å². The van der Waals surface area contributed by atoms with Crippen LogP contribution in [-0.4, -0.2) is 46.3 Å². The first-order chi connectivity index (χ1) is 8.71. The van der Waals surface area contributed by atoms with Crippen LogP contribution in [0.4, 0.5) is 5.82 Å². The van der Waals surface area contributed by atoms with Crippen LogP contribution >= 0.6 is 0 Å². The van der Waals surface area contributed by atoms with E-state index in [4.69, 9.17) is 5.73 Å². The second-order valence-corrected chi connectivity index (χ2v) is 7.05. The molecule has 19 heavy (non-hydrogen) atoms. The average molecular weight is 288 g/mol. The Morgan fingerprint density at radius 3 is 2.47 bits per heavy atom. The number of aryl methyl sites for hydroxylation is 1. The highest BCUT2D eigenvalue weighted by molar-refractivity contribution is 7.89. The van der Waals surface area contributed by atoms with Gasteiger partial charge in [-0.15, -0.1) is 0 Å². The van der Waals surface area contributed by atoms with Gasteiger partial charge in [0.1, 0.15) is 4.90 Å². The molecule has 1 aromatic rings. The quantitative estimate of drug-likeness (QED) is 0.802. The first kappa shape index (κ1) is 14.3. The van der Waals surface area contributed by atoms with Crippen molar-refractivity contribution in [3.05, 3.63) is 5.69 Å². The molecule has 0 atom stereocenters. The van der Waals surface area contributed by atoms with Crippen LogP contribution < -0.4 is 5.73 Å². The molecule has 1 aromatic heterocycles. The van der Waals surface area contributed by atoms with Crippen LogP contribution in [0.25, 0.3) is 0 Å². The summed E-state index contributed by atoms with van der Waals surface area (Å²) in [6.45, 7) is 3.86. The maximum Gasteiger partial charge on any atom is 0.248 e. The summed E-state index contributed by atoms with van der Waals surface area (Å²) in [5, 5.41) is 14.0. The van der Waals surface area contributed by atoms with E-state index in [2.05, 4.69) is 5.10 Å². The molecular weight excluding hydrogens is 268 g/mol. The number of anilines is 1. The number of aromatic nitrogens is 2. The monoisotopic (exact) mass is 288 g/mol. The molecule has 1 aliphatic heterocycles. The highest BCUT2D eigenvalue weighted by Crippen LogP contribution is 2.34. The van der Waals surface area contributed by atoms with Crippen molar-refractivity contribution in [2.75, 3.05) is 18.8 Å². The summed E-state index contributed by atoms with van der Waals surface area (Å²) in [7, 11) is -2.02. The second kappa shape index (κ2) is 4.46. The molecule has 1 aliphatic rings. The van der Waals surface area contributed by atoms with Crippen molar-refractivity contribution in [2.24, 2.45) is 7.05 Å². The van der Waals surface area contributed by atoms with Crippen molar-refractivity contribution in [1.29, 1.82) is 0 Å². The Morgan fingerprint density at radius 2 is 2.05 bits per heavy atom. The number of β-amino-alcohol motifs (C(OH)–C–C–N with tert-alkyl or cyclic N) is 1. The predicted octanol–water partition coefficient (Wildman–Crippen LogP) is -0.154. The number of hydrogen-bond donors (Lipinski definition) is 2. The zero-order chi connectivity index (χ0) is 14.4. The van der Waals surface area contributed by atoms with E-state index < -0.39 is 15.6 Å². The average Bonchev–Trinajstić information content (AvgIpc) is 2.50. The van der Waals surface area contributed by atoms with E-state index in [0.717, 1.165) is 6.42 Å². The molecule has 7 nitrogen and oxygen atoms in total. The largest absolute Gasteiger partial charge is 0.387 e. The fourth-order valence-corrected chi connectivity index (χ4v) is 4.36. The number of rotatable bonds is 4. The van der Waals surface area contributed by atoms with E-state index in [1.165, 1.54) is 8.99 Å². The lowest BCUT2D eigenvalue weighted by Crippen LogP contribution is -2.63. The van der Waals surface area contributed by atoms with E-state index in [-0.39, 0.29) is 23.8 Å². The maximum atomic E-state index is 12.4. The third kappa shape index (κ3) is 2.24. The third-order valence-electron chi connectivity index (χ3n) is 3.56. The molecule has 108 valence electrons. The Hall–Kier alpha value is -1.12. The lowest BCUT2D eigenvalue weighted by Gasteiger charge is -2.45. The molecule has 0 bridgehead atoms. The number of nitrogens with zero attached hydrogens (tertiary/aromatic N) is 3. The molecule has 1 fully saturated rings. The first-order valence-corrected chi connectivity index (χ1v) is 7.67. The van der Waals surface area contributed by atoms with Gasteiger partial charge in [0.25, 0.3) is 0 Å². The molecular formula is C11H20N4O3S. The number of nitrogens with two attached hydrogens (primary N) is 1. The van der Waals surface area contributed by atoms with Crippen LogP contribution in [-0.2, 0) is 17.1 Å². The minimum atomic E-state index is -3.67. The third-order valence-corrected chi connectivity index (χ3v) is 5.52. The Labute approximate surface area is 113 Å². The summed E-state index contributed by atoms with van der Waals surface area (Å²) in [4.78, 5) is 0.0496. The number of aliphatic hydroxyl groups is 1. The standard InChI is InChI=1S/C11H20N4O3S/c1-4-5-11(16)6-15(7-11)19(17,18)9-8(2)14(3)13-10(9)12/h16H,4-7H2,1-3H3,(H2,12,13). The fourth-order valence-electron chi connectivity index (χ4n) is 2.47. The second-order valence-electron chi connectivity index (χ2n) is 5.17. The SMILES string of the molecule is CCCC1(O)CN(S(=O)(=O)c2c(N)nn(C)c2C)C1. The van der Waals surface area contributed by atoms with Gasteiger partial charge in [-0.3, -0.25) is 4.68 Å². The summed E-state index contributed by atoms with van der Waals surface area (Å²) in [6.07, 6.45) is 1.42. The summed E-state index contributed by atoms with van der Waals surface area (Å²) in [5.74, 6) is 0.00549. The number of hydrogen-bond acceptors (Lipinski definition) is 5. The lowest BCUT2D eigenvalue weighted by atomic mass is 9.92. The summed E-state index contributed by atoms with van der Waals surface area (Å²) in [6, 6.07) is 0. The topological polar surface area (TPSA) is 101 Å². The minimum absolute atomic E-state index is 0.00549. The van der Waals surface area contributed by atoms with Crippen molar-refractivity contribution >= 4 is 15.8 Å². The molecule has 0 spiro atoms. The molecule has 0 aliphatic carbocycles. The molecule has 2 heterocycles. The molecule has 2 rings (SSSR count). The number of nitrogen functional groups attached to an aromatic ring is 1. The van der Waals surface area contributed by atoms with Crippen molar-refractivity contribution in [1.82, 2.24) is 14.1 Å². The van der Waals surface area contributed by atoms with E-state index in [9.17, 15) is 13.5 Å². The van der Waals surface area contributed by atoms with Crippen LogP contribution in [0.2, 0.25) is 0 Å². The summed E-state index contributed by atoms with van der Waals surface area (Å²) < 4.78 is 27.6. The predicted molar refractivity (Wildman–Crippen MR) is 71.0 cm³/mol. The van der Waals surface area contributed by atoms with Gasteiger partial charge in [-0.05, 0) is 13.3 Å². The normalized spacial score (nSPS) is 19.4. The van der Waals surface area contributed by atoms with E-state index in [1.807, 2.05) is 6.92 Å². The van der Waals surface area contributed by atoms with Crippen LogP contribution in [0, 0.1) is 6.92 Å². The molecule has 0 amide bonds. The van der Waals surface area contributed by atoms with Crippen LogP contribution in [0.15, 0.2) is 4.90 Å². The Bertz CT molecular complexity index is 587. The van der Waals surface area contributed by atoms with Crippen LogP contribution in [0.3, 0.4) is 0 Å². The molecule has 1 saturated heterocycles. The molecule has 0 radical (unpaired) electrons. The van der Waals surface area contributed by atoms with Gasteiger partial charge >= 0.3 is 0 Å². The zero-order valence-electron chi connectivity index (χ0n) is 11.4. The van der Waals surface area contributed by atoms with E-state index in [0.29, 0.717) is 12.1 Å².